The SMILES string of the molecule is CC(=O)NC[C@H]1CC[C@@H](CC(=O)NCc2ccccc2Cl)N1CC1CC1.O=CO. The third-order valence-electron chi connectivity index (χ3n) is 5.38. The van der Waals surface area contributed by atoms with E-state index in [4.69, 9.17) is 21.5 Å². The summed E-state index contributed by atoms with van der Waals surface area (Å²) in [5, 5.41) is 13.5. The molecule has 29 heavy (non-hydrogen) atoms. The topological polar surface area (TPSA) is 98.7 Å². The molecule has 1 aromatic rings. The average Bonchev–Trinajstić information content (AvgIpc) is 3.42. The number of carbonyl (C=O) groups excluding carboxylic acids is 2. The second kappa shape index (κ2) is 11.8. The number of carboxylic acid groups (broad SMARTS) is 1. The third-order valence-corrected chi connectivity index (χ3v) is 5.75. The number of likely N-dealkylation sites (tertiary alicyclic amines) is 1. The minimum atomic E-state index is -0.250. The highest BCUT2D eigenvalue weighted by Gasteiger charge is 2.37. The van der Waals surface area contributed by atoms with Gasteiger partial charge in [0, 0.05) is 50.1 Å². The molecule has 0 bridgehead atoms. The Kier molecular flexibility index (Phi) is 9.41. The average molecular weight is 424 g/mol. The van der Waals surface area contributed by atoms with Gasteiger partial charge in [0.1, 0.15) is 0 Å². The molecular weight excluding hydrogens is 394 g/mol. The van der Waals surface area contributed by atoms with Gasteiger partial charge in [-0.1, -0.05) is 29.8 Å². The summed E-state index contributed by atoms with van der Waals surface area (Å²) in [6, 6.07) is 8.19. The Labute approximate surface area is 176 Å². The van der Waals surface area contributed by atoms with E-state index < -0.39 is 0 Å². The van der Waals surface area contributed by atoms with Crippen molar-refractivity contribution in [1.29, 1.82) is 0 Å². The molecule has 1 aromatic carbocycles. The highest BCUT2D eigenvalue weighted by molar-refractivity contribution is 6.31. The van der Waals surface area contributed by atoms with Crippen molar-refractivity contribution in [3.05, 3.63) is 34.9 Å². The molecule has 1 heterocycles. The number of halogens is 1. The van der Waals surface area contributed by atoms with Crippen LogP contribution in [0, 0.1) is 5.92 Å². The summed E-state index contributed by atoms with van der Waals surface area (Å²) in [5.74, 6) is 0.842. The summed E-state index contributed by atoms with van der Waals surface area (Å²) in [6.45, 7) is 3.50. The molecule has 160 valence electrons. The molecule has 1 aliphatic heterocycles. The van der Waals surface area contributed by atoms with Gasteiger partial charge in [0.05, 0.1) is 0 Å². The van der Waals surface area contributed by atoms with Gasteiger partial charge in [-0.2, -0.15) is 0 Å². The van der Waals surface area contributed by atoms with Crippen LogP contribution in [-0.4, -0.2) is 53.5 Å². The first-order chi connectivity index (χ1) is 13.9. The fourth-order valence-electron chi connectivity index (χ4n) is 3.73. The number of rotatable bonds is 8. The van der Waals surface area contributed by atoms with Gasteiger partial charge in [0.25, 0.3) is 6.47 Å². The number of hydrogen-bond donors (Lipinski definition) is 3. The second-order valence-corrected chi connectivity index (χ2v) is 8.05. The molecule has 3 rings (SSSR count). The van der Waals surface area contributed by atoms with Crippen molar-refractivity contribution >= 4 is 29.9 Å². The van der Waals surface area contributed by atoms with Crippen molar-refractivity contribution in [2.75, 3.05) is 13.1 Å². The second-order valence-electron chi connectivity index (χ2n) is 7.64. The zero-order chi connectivity index (χ0) is 21.2. The fourth-order valence-corrected chi connectivity index (χ4v) is 3.94. The Morgan fingerprint density at radius 3 is 2.45 bits per heavy atom. The largest absolute Gasteiger partial charge is 0.483 e. The van der Waals surface area contributed by atoms with E-state index in [-0.39, 0.29) is 24.3 Å². The van der Waals surface area contributed by atoms with Crippen LogP contribution in [-0.2, 0) is 20.9 Å². The normalized spacial score (nSPS) is 21.0. The Bertz CT molecular complexity index is 696. The lowest BCUT2D eigenvalue weighted by molar-refractivity contribution is -0.123. The predicted molar refractivity (Wildman–Crippen MR) is 112 cm³/mol. The number of nitrogens with zero attached hydrogens (tertiary/aromatic N) is 1. The smallest absolute Gasteiger partial charge is 0.290 e. The van der Waals surface area contributed by atoms with Crippen LogP contribution in [0.25, 0.3) is 0 Å². The van der Waals surface area contributed by atoms with Crippen LogP contribution in [0.3, 0.4) is 0 Å². The molecule has 2 atom stereocenters. The Morgan fingerprint density at radius 1 is 1.17 bits per heavy atom. The van der Waals surface area contributed by atoms with Gasteiger partial charge in [0.15, 0.2) is 0 Å². The van der Waals surface area contributed by atoms with Crippen molar-refractivity contribution in [1.82, 2.24) is 15.5 Å². The Balaban J connectivity index is 0.000000941. The number of hydrogen-bond acceptors (Lipinski definition) is 4. The maximum absolute atomic E-state index is 12.5. The Hall–Kier alpha value is -2.12. The molecule has 0 spiro atoms. The number of nitrogens with one attached hydrogen (secondary N) is 2. The predicted octanol–water partition coefficient (Wildman–Crippen LogP) is 2.43. The summed E-state index contributed by atoms with van der Waals surface area (Å²) in [4.78, 5) is 34.5. The lowest BCUT2D eigenvalue weighted by Crippen LogP contribution is -2.45. The molecule has 2 amide bonds. The van der Waals surface area contributed by atoms with E-state index in [0.29, 0.717) is 30.6 Å². The van der Waals surface area contributed by atoms with Gasteiger partial charge in [-0.15, -0.1) is 0 Å². The lowest BCUT2D eigenvalue weighted by Gasteiger charge is -2.30. The van der Waals surface area contributed by atoms with Crippen molar-refractivity contribution in [2.45, 2.75) is 57.7 Å². The number of benzene rings is 1. The van der Waals surface area contributed by atoms with Crippen LogP contribution in [0.5, 0.6) is 0 Å². The molecule has 7 nitrogen and oxygen atoms in total. The highest BCUT2D eigenvalue weighted by Crippen LogP contribution is 2.35. The van der Waals surface area contributed by atoms with Crippen LogP contribution in [0.4, 0.5) is 0 Å². The van der Waals surface area contributed by atoms with Crippen molar-refractivity contribution in [2.24, 2.45) is 5.92 Å². The molecule has 2 fully saturated rings. The van der Waals surface area contributed by atoms with Crippen LogP contribution in [0.15, 0.2) is 24.3 Å². The number of carbonyl (C=O) groups is 3. The van der Waals surface area contributed by atoms with Crippen LogP contribution >= 0.6 is 11.6 Å². The first-order valence-corrected chi connectivity index (χ1v) is 10.4. The van der Waals surface area contributed by atoms with Crippen LogP contribution in [0.1, 0.15) is 44.6 Å². The van der Waals surface area contributed by atoms with E-state index in [9.17, 15) is 9.59 Å². The Morgan fingerprint density at radius 2 is 1.83 bits per heavy atom. The first-order valence-electron chi connectivity index (χ1n) is 10.0. The van der Waals surface area contributed by atoms with Gasteiger partial charge >= 0.3 is 0 Å². The summed E-state index contributed by atoms with van der Waals surface area (Å²) in [6.07, 6.45) is 5.13. The maximum Gasteiger partial charge on any atom is 0.290 e. The quantitative estimate of drug-likeness (QED) is 0.558. The molecule has 0 unspecified atom stereocenters. The molecule has 1 saturated carbocycles. The summed E-state index contributed by atoms with van der Waals surface area (Å²) in [7, 11) is 0. The van der Waals surface area contributed by atoms with E-state index >= 15 is 0 Å². The molecule has 0 aromatic heterocycles. The van der Waals surface area contributed by atoms with Gasteiger partial charge in [0.2, 0.25) is 11.8 Å². The molecular formula is C21H30ClN3O4. The molecule has 8 heteroatoms. The van der Waals surface area contributed by atoms with E-state index in [1.807, 2.05) is 24.3 Å². The van der Waals surface area contributed by atoms with E-state index in [1.165, 1.54) is 12.8 Å². The maximum atomic E-state index is 12.5. The molecule has 1 saturated heterocycles. The van der Waals surface area contributed by atoms with Crippen LogP contribution < -0.4 is 10.6 Å². The van der Waals surface area contributed by atoms with E-state index in [1.54, 1.807) is 6.92 Å². The van der Waals surface area contributed by atoms with E-state index in [0.717, 1.165) is 30.9 Å². The van der Waals surface area contributed by atoms with Gasteiger partial charge < -0.3 is 15.7 Å². The molecule has 3 N–H and O–H groups in total. The minimum absolute atomic E-state index is 0.0114. The van der Waals surface area contributed by atoms with Crippen molar-refractivity contribution < 1.29 is 19.5 Å². The van der Waals surface area contributed by atoms with E-state index in [2.05, 4.69) is 15.5 Å². The monoisotopic (exact) mass is 423 g/mol. The first kappa shape index (κ1) is 23.2. The van der Waals surface area contributed by atoms with Crippen LogP contribution in [0.2, 0.25) is 5.02 Å². The standard InChI is InChI=1S/C20H28ClN3O2.CH2O2/c1-14(25)22-12-18-9-8-17(24(18)13-15-6-7-15)10-20(26)23-11-16-4-2-3-5-19(16)21;2-1-3/h2-5,15,17-18H,6-13H2,1H3,(H,22,25)(H,23,26);1H,(H,2,3)/t17-,18+;/m0./s1. The summed E-state index contributed by atoms with van der Waals surface area (Å²) in [5.41, 5.74) is 0.937. The van der Waals surface area contributed by atoms with Crippen molar-refractivity contribution in [3.8, 4) is 0 Å². The molecule has 2 aliphatic rings. The van der Waals surface area contributed by atoms with Gasteiger partial charge in [-0.05, 0) is 43.2 Å². The fraction of sp³-hybridized carbons (Fsp3) is 0.571. The lowest BCUT2D eigenvalue weighted by atomic mass is 10.1. The van der Waals surface area contributed by atoms with Gasteiger partial charge in [-0.25, -0.2) is 0 Å². The summed E-state index contributed by atoms with van der Waals surface area (Å²) >= 11 is 6.15. The summed E-state index contributed by atoms with van der Waals surface area (Å²) < 4.78 is 0. The van der Waals surface area contributed by atoms with Crippen molar-refractivity contribution in [3.63, 3.8) is 0 Å². The molecule has 0 radical (unpaired) electrons. The number of amides is 2. The minimum Gasteiger partial charge on any atom is -0.483 e. The van der Waals surface area contributed by atoms with Gasteiger partial charge in [-0.3, -0.25) is 19.3 Å². The zero-order valence-corrected chi connectivity index (χ0v) is 17.5. The zero-order valence-electron chi connectivity index (χ0n) is 16.8. The molecule has 1 aliphatic carbocycles. The third kappa shape index (κ3) is 8.03. The highest BCUT2D eigenvalue weighted by atomic mass is 35.5.